The number of carbonyl (C=O) groups excluding carboxylic acids is 1. The Morgan fingerprint density at radius 2 is 1.85 bits per heavy atom. The molecule has 0 unspecified atom stereocenters. The third kappa shape index (κ3) is 4.82. The van der Waals surface area contributed by atoms with Crippen molar-refractivity contribution >= 4 is 17.8 Å². The number of hydrogen-bond acceptors (Lipinski definition) is 4. The normalized spacial score (nSPS) is 22.0. The molecule has 0 aromatic heterocycles. The van der Waals surface area contributed by atoms with Gasteiger partial charge >= 0.3 is 6.03 Å². The minimum atomic E-state index is 0.147. The molecule has 0 saturated carbocycles. The number of piperidine rings is 1. The number of thioether (sulfide) groups is 1. The SMILES string of the molecule is CN(C)C(=O)N1CCC(NCCN2CCSCC2)CC1. The Morgan fingerprint density at radius 1 is 1.20 bits per heavy atom. The van der Waals surface area contributed by atoms with E-state index in [-0.39, 0.29) is 6.03 Å². The highest BCUT2D eigenvalue weighted by atomic mass is 32.2. The highest BCUT2D eigenvalue weighted by molar-refractivity contribution is 7.99. The Morgan fingerprint density at radius 3 is 2.45 bits per heavy atom. The van der Waals surface area contributed by atoms with Crippen LogP contribution < -0.4 is 5.32 Å². The van der Waals surface area contributed by atoms with Gasteiger partial charge in [0.25, 0.3) is 0 Å². The zero-order chi connectivity index (χ0) is 14.4. The summed E-state index contributed by atoms with van der Waals surface area (Å²) in [5, 5.41) is 3.66. The molecule has 0 bridgehead atoms. The van der Waals surface area contributed by atoms with Gasteiger partial charge < -0.3 is 20.0 Å². The fourth-order valence-corrected chi connectivity index (χ4v) is 3.79. The average molecular weight is 300 g/mol. The quantitative estimate of drug-likeness (QED) is 0.832. The third-order valence-electron chi connectivity index (χ3n) is 4.11. The minimum Gasteiger partial charge on any atom is -0.331 e. The van der Waals surface area contributed by atoms with E-state index in [4.69, 9.17) is 0 Å². The molecule has 0 atom stereocenters. The van der Waals surface area contributed by atoms with Crippen LogP contribution in [0.4, 0.5) is 4.79 Å². The average Bonchev–Trinajstić information content (AvgIpc) is 2.48. The highest BCUT2D eigenvalue weighted by Gasteiger charge is 2.23. The van der Waals surface area contributed by atoms with Gasteiger partial charge in [-0.15, -0.1) is 0 Å². The lowest BCUT2D eigenvalue weighted by atomic mass is 10.1. The van der Waals surface area contributed by atoms with E-state index in [1.54, 1.807) is 4.90 Å². The summed E-state index contributed by atoms with van der Waals surface area (Å²) in [6.45, 7) is 6.49. The van der Waals surface area contributed by atoms with Gasteiger partial charge in [-0.3, -0.25) is 0 Å². The maximum Gasteiger partial charge on any atom is 0.319 e. The van der Waals surface area contributed by atoms with Gasteiger partial charge in [-0.25, -0.2) is 4.79 Å². The van der Waals surface area contributed by atoms with Gasteiger partial charge in [0.15, 0.2) is 0 Å². The van der Waals surface area contributed by atoms with E-state index in [0.29, 0.717) is 6.04 Å². The molecule has 1 N–H and O–H groups in total. The predicted octanol–water partition coefficient (Wildman–Crippen LogP) is 0.771. The van der Waals surface area contributed by atoms with Crippen molar-refractivity contribution in [1.82, 2.24) is 20.0 Å². The zero-order valence-electron chi connectivity index (χ0n) is 12.8. The summed E-state index contributed by atoms with van der Waals surface area (Å²) in [6.07, 6.45) is 2.16. The Kier molecular flexibility index (Phi) is 6.45. The van der Waals surface area contributed by atoms with Gasteiger partial charge in [-0.05, 0) is 12.8 Å². The molecule has 0 aliphatic carbocycles. The number of carbonyl (C=O) groups is 1. The van der Waals surface area contributed by atoms with Crippen LogP contribution in [0.1, 0.15) is 12.8 Å². The van der Waals surface area contributed by atoms with Gasteiger partial charge in [0.1, 0.15) is 0 Å². The molecule has 0 aromatic carbocycles. The molecule has 0 spiro atoms. The fraction of sp³-hybridized carbons (Fsp3) is 0.929. The predicted molar refractivity (Wildman–Crippen MR) is 85.4 cm³/mol. The molecule has 6 heteroatoms. The first-order chi connectivity index (χ1) is 9.66. The van der Waals surface area contributed by atoms with Crippen LogP contribution in [0.3, 0.4) is 0 Å². The van der Waals surface area contributed by atoms with Crippen molar-refractivity contribution in [2.24, 2.45) is 0 Å². The standard InChI is InChI=1S/C14H28N4OS/c1-16(2)14(19)18-6-3-13(4-7-18)15-5-8-17-9-11-20-12-10-17/h13,15H,3-12H2,1-2H3. The van der Waals surface area contributed by atoms with Crippen molar-refractivity contribution in [3.63, 3.8) is 0 Å². The summed E-state index contributed by atoms with van der Waals surface area (Å²) in [6, 6.07) is 0.731. The smallest absolute Gasteiger partial charge is 0.319 e. The Balaban J connectivity index is 1.58. The molecule has 2 heterocycles. The molecule has 2 saturated heterocycles. The largest absolute Gasteiger partial charge is 0.331 e. The Hall–Kier alpha value is -0.460. The van der Waals surface area contributed by atoms with Gasteiger partial charge in [0.05, 0.1) is 0 Å². The lowest BCUT2D eigenvalue weighted by Crippen LogP contribution is -2.49. The second-order valence-electron chi connectivity index (χ2n) is 5.85. The minimum absolute atomic E-state index is 0.147. The number of nitrogens with zero attached hydrogens (tertiary/aromatic N) is 3. The molecule has 20 heavy (non-hydrogen) atoms. The summed E-state index contributed by atoms with van der Waals surface area (Å²) >= 11 is 2.06. The van der Waals surface area contributed by atoms with Crippen molar-refractivity contribution in [3.8, 4) is 0 Å². The van der Waals surface area contributed by atoms with Crippen molar-refractivity contribution in [3.05, 3.63) is 0 Å². The summed E-state index contributed by atoms with van der Waals surface area (Å²) < 4.78 is 0. The summed E-state index contributed by atoms with van der Waals surface area (Å²) in [7, 11) is 3.65. The third-order valence-corrected chi connectivity index (χ3v) is 5.06. The van der Waals surface area contributed by atoms with Crippen molar-refractivity contribution in [2.75, 3.05) is 64.9 Å². The maximum atomic E-state index is 11.8. The number of hydrogen-bond donors (Lipinski definition) is 1. The van der Waals surface area contributed by atoms with E-state index >= 15 is 0 Å². The topological polar surface area (TPSA) is 38.8 Å². The van der Waals surface area contributed by atoms with Crippen LogP contribution in [0.5, 0.6) is 0 Å². The number of rotatable bonds is 4. The zero-order valence-corrected chi connectivity index (χ0v) is 13.6. The molecule has 2 amide bonds. The van der Waals surface area contributed by atoms with Gasteiger partial charge in [-0.1, -0.05) is 0 Å². The van der Waals surface area contributed by atoms with Crippen LogP contribution in [0.15, 0.2) is 0 Å². The maximum absolute atomic E-state index is 11.8. The second kappa shape index (κ2) is 8.10. The number of nitrogens with one attached hydrogen (secondary N) is 1. The van der Waals surface area contributed by atoms with Crippen LogP contribution in [0.25, 0.3) is 0 Å². The first kappa shape index (κ1) is 15.9. The van der Waals surface area contributed by atoms with Crippen LogP contribution in [0.2, 0.25) is 0 Å². The molecule has 2 aliphatic rings. The second-order valence-corrected chi connectivity index (χ2v) is 7.07. The first-order valence-corrected chi connectivity index (χ1v) is 8.82. The van der Waals surface area contributed by atoms with E-state index in [1.165, 1.54) is 24.6 Å². The van der Waals surface area contributed by atoms with Gasteiger partial charge in [0, 0.05) is 70.9 Å². The van der Waals surface area contributed by atoms with E-state index in [1.807, 2.05) is 19.0 Å². The van der Waals surface area contributed by atoms with E-state index in [2.05, 4.69) is 22.0 Å². The molecule has 116 valence electrons. The van der Waals surface area contributed by atoms with E-state index in [9.17, 15) is 4.79 Å². The molecule has 2 rings (SSSR count). The van der Waals surface area contributed by atoms with Crippen LogP contribution in [0, 0.1) is 0 Å². The Labute approximate surface area is 127 Å². The summed E-state index contributed by atoms with van der Waals surface area (Å²) in [4.78, 5) is 18.0. The molecule has 2 aliphatic heterocycles. The summed E-state index contributed by atoms with van der Waals surface area (Å²) in [5.41, 5.74) is 0. The summed E-state index contributed by atoms with van der Waals surface area (Å²) in [5.74, 6) is 2.57. The van der Waals surface area contributed by atoms with Crippen molar-refractivity contribution in [1.29, 1.82) is 0 Å². The molecule has 2 fully saturated rings. The van der Waals surface area contributed by atoms with Crippen molar-refractivity contribution in [2.45, 2.75) is 18.9 Å². The fourth-order valence-electron chi connectivity index (χ4n) is 2.81. The van der Waals surface area contributed by atoms with Crippen LogP contribution >= 0.6 is 11.8 Å². The molecular formula is C14H28N4OS. The molecule has 0 aromatic rings. The highest BCUT2D eigenvalue weighted by Crippen LogP contribution is 2.12. The van der Waals surface area contributed by atoms with Crippen LogP contribution in [-0.4, -0.2) is 91.6 Å². The first-order valence-electron chi connectivity index (χ1n) is 7.66. The molecular weight excluding hydrogens is 272 g/mol. The van der Waals surface area contributed by atoms with Gasteiger partial charge in [0.2, 0.25) is 0 Å². The monoisotopic (exact) mass is 300 g/mol. The number of likely N-dealkylation sites (tertiary alicyclic amines) is 1. The Bertz CT molecular complexity index is 300. The van der Waals surface area contributed by atoms with E-state index < -0.39 is 0 Å². The van der Waals surface area contributed by atoms with Crippen molar-refractivity contribution < 1.29 is 4.79 Å². The van der Waals surface area contributed by atoms with E-state index in [0.717, 1.165) is 39.0 Å². The lowest BCUT2D eigenvalue weighted by molar-refractivity contribution is 0.152. The number of amides is 2. The lowest BCUT2D eigenvalue weighted by Gasteiger charge is -2.34. The molecule has 5 nitrogen and oxygen atoms in total. The van der Waals surface area contributed by atoms with Gasteiger partial charge in [-0.2, -0.15) is 11.8 Å². The molecule has 0 radical (unpaired) electrons. The number of urea groups is 1. The van der Waals surface area contributed by atoms with Crippen LogP contribution in [-0.2, 0) is 0 Å².